The van der Waals surface area contributed by atoms with Crippen molar-refractivity contribution in [3.63, 3.8) is 0 Å². The van der Waals surface area contributed by atoms with Gasteiger partial charge in [-0.15, -0.1) is 13.1 Å². The molecule has 236 valence electrons. The van der Waals surface area contributed by atoms with Crippen molar-refractivity contribution >= 4 is 29.4 Å². The number of fused-ring (bicyclic) bond motifs is 1. The fraction of sp³-hybridized carbons (Fsp3) is 0.697. The number of nitrogens with zero attached hydrogens (tertiary/aromatic N) is 3. The van der Waals surface area contributed by atoms with E-state index < -0.39 is 0 Å². The lowest BCUT2D eigenvalue weighted by molar-refractivity contribution is -0.116. The first-order chi connectivity index (χ1) is 20.4. The van der Waals surface area contributed by atoms with E-state index in [0.717, 1.165) is 89.5 Å². The average molecular weight is 599 g/mol. The zero-order valence-corrected chi connectivity index (χ0v) is 26.8. The minimum atomic E-state index is -0.0398. The average Bonchev–Trinajstić information content (AvgIpc) is 3.53. The van der Waals surface area contributed by atoms with Gasteiger partial charge in [0.25, 0.3) is 0 Å². The molecule has 3 saturated heterocycles. The van der Waals surface area contributed by atoms with Gasteiger partial charge >= 0.3 is 6.03 Å². The standard InChI is InChI=1S/C33H54N6O2S/c1-5-17-39-22-25(4)16-18-38(20-19-37(6-2)7-3)23-28(39)21-26-12-14-27(15-13-26)34-31(40)11-9-8-10-30-32-29(24-42-30)35-33(41)36-32/h12-15,25,28-30,32H,2-3,5-11,16-24H2,1,4H3,(H,34,40)(H2,35,36,41)/q-2. The Bertz CT molecular complexity index is 974. The molecule has 3 fully saturated rings. The van der Waals surface area contributed by atoms with Crippen molar-refractivity contribution in [1.82, 2.24) is 25.3 Å². The normalized spacial score (nSPS) is 26.9. The van der Waals surface area contributed by atoms with Crippen LogP contribution >= 0.6 is 11.8 Å². The molecule has 5 unspecified atom stereocenters. The van der Waals surface area contributed by atoms with Crippen LogP contribution < -0.4 is 16.0 Å². The molecule has 0 bridgehead atoms. The van der Waals surface area contributed by atoms with Crippen molar-refractivity contribution in [3.05, 3.63) is 43.7 Å². The molecule has 3 heterocycles. The molecule has 1 aromatic rings. The Hall–Kier alpha value is -1.81. The van der Waals surface area contributed by atoms with Crippen LogP contribution in [0.25, 0.3) is 0 Å². The van der Waals surface area contributed by atoms with E-state index in [4.69, 9.17) is 0 Å². The van der Waals surface area contributed by atoms with Gasteiger partial charge in [-0.05, 0) is 68.8 Å². The van der Waals surface area contributed by atoms with Crippen molar-refractivity contribution in [2.24, 2.45) is 5.92 Å². The van der Waals surface area contributed by atoms with Crippen molar-refractivity contribution in [1.29, 1.82) is 0 Å². The maximum absolute atomic E-state index is 12.6. The second kappa shape index (κ2) is 16.9. The van der Waals surface area contributed by atoms with Crippen LogP contribution in [0.3, 0.4) is 0 Å². The number of hydrogen-bond acceptors (Lipinski definition) is 6. The number of carbonyl (C=O) groups is 2. The summed E-state index contributed by atoms with van der Waals surface area (Å²) in [6.07, 6.45) is 6.85. The van der Waals surface area contributed by atoms with E-state index in [1.165, 1.54) is 18.4 Å². The zero-order valence-electron chi connectivity index (χ0n) is 26.0. The van der Waals surface area contributed by atoms with Gasteiger partial charge in [0.2, 0.25) is 5.91 Å². The van der Waals surface area contributed by atoms with E-state index in [1.807, 2.05) is 11.8 Å². The Kier molecular flexibility index (Phi) is 13.3. The predicted octanol–water partition coefficient (Wildman–Crippen LogP) is 4.29. The van der Waals surface area contributed by atoms with Crippen LogP contribution in [0.5, 0.6) is 0 Å². The van der Waals surface area contributed by atoms with Gasteiger partial charge in [-0.25, -0.2) is 4.79 Å². The number of thioether (sulfide) groups is 1. The smallest absolute Gasteiger partial charge is 0.315 e. The van der Waals surface area contributed by atoms with Crippen LogP contribution in [0, 0.1) is 19.8 Å². The lowest BCUT2D eigenvalue weighted by atomic mass is 9.98. The van der Waals surface area contributed by atoms with Crippen molar-refractivity contribution in [2.75, 3.05) is 63.4 Å². The Morgan fingerprint density at radius 1 is 1.12 bits per heavy atom. The Morgan fingerprint density at radius 2 is 1.90 bits per heavy atom. The van der Waals surface area contributed by atoms with Crippen LogP contribution in [-0.4, -0.2) is 108 Å². The summed E-state index contributed by atoms with van der Waals surface area (Å²) in [5.41, 5.74) is 2.20. The van der Waals surface area contributed by atoms with E-state index in [2.05, 4.69) is 82.6 Å². The van der Waals surface area contributed by atoms with Gasteiger partial charge < -0.3 is 39.6 Å². The molecular weight excluding hydrogens is 544 g/mol. The molecule has 1 aromatic carbocycles. The van der Waals surface area contributed by atoms with Gasteiger partial charge in [0.1, 0.15) is 0 Å². The molecular formula is C33H54N6O2S-2. The van der Waals surface area contributed by atoms with Gasteiger partial charge in [-0.2, -0.15) is 11.8 Å². The number of nitrogens with one attached hydrogen (secondary N) is 3. The lowest BCUT2D eigenvalue weighted by Crippen LogP contribution is -2.51. The maximum Gasteiger partial charge on any atom is 0.315 e. The SMILES string of the molecule is [CH2-]CN(C[CH2-])CCN1CCC(C)CN(CCC)C(Cc2ccc(NC(=O)CCCCC3SCC4NC(=O)NC43)cc2)C1. The first-order valence-electron chi connectivity index (χ1n) is 16.2. The third-order valence-electron chi connectivity index (χ3n) is 9.14. The molecule has 0 saturated carbocycles. The van der Waals surface area contributed by atoms with Crippen molar-refractivity contribution in [3.8, 4) is 0 Å². The molecule has 8 nitrogen and oxygen atoms in total. The number of urea groups is 1. The molecule has 3 amide bonds. The largest absolute Gasteiger partial charge is 0.361 e. The topological polar surface area (TPSA) is 80.0 Å². The molecule has 9 heteroatoms. The summed E-state index contributed by atoms with van der Waals surface area (Å²) in [6.45, 7) is 21.0. The van der Waals surface area contributed by atoms with Crippen LogP contribution in [0.4, 0.5) is 10.5 Å². The molecule has 4 rings (SSSR count). The summed E-state index contributed by atoms with van der Waals surface area (Å²) in [5.74, 6) is 1.74. The summed E-state index contributed by atoms with van der Waals surface area (Å²) in [7, 11) is 0. The quantitative estimate of drug-likeness (QED) is 0.159. The Balaban J connectivity index is 1.25. The summed E-state index contributed by atoms with van der Waals surface area (Å²) in [4.78, 5) is 31.9. The number of carbonyl (C=O) groups excluding carboxylic acids is 2. The van der Waals surface area contributed by atoms with E-state index >= 15 is 0 Å². The highest BCUT2D eigenvalue weighted by Gasteiger charge is 2.42. The van der Waals surface area contributed by atoms with Gasteiger partial charge in [0, 0.05) is 55.3 Å². The predicted molar refractivity (Wildman–Crippen MR) is 176 cm³/mol. The third-order valence-corrected chi connectivity index (χ3v) is 10.6. The molecule has 5 atom stereocenters. The van der Waals surface area contributed by atoms with Crippen LogP contribution in [0.1, 0.15) is 57.9 Å². The number of anilines is 1. The van der Waals surface area contributed by atoms with Gasteiger partial charge in [0.15, 0.2) is 0 Å². The molecule has 3 aliphatic rings. The molecule has 3 N–H and O–H groups in total. The molecule has 0 aliphatic carbocycles. The highest BCUT2D eigenvalue weighted by atomic mass is 32.2. The molecule has 3 aliphatic heterocycles. The first-order valence-corrected chi connectivity index (χ1v) is 17.3. The zero-order chi connectivity index (χ0) is 29.9. The van der Waals surface area contributed by atoms with Gasteiger partial charge in [-0.1, -0.05) is 32.4 Å². The molecule has 0 spiro atoms. The summed E-state index contributed by atoms with van der Waals surface area (Å²) >= 11 is 1.93. The van der Waals surface area contributed by atoms with E-state index in [-0.39, 0.29) is 24.0 Å². The molecule has 0 radical (unpaired) electrons. The van der Waals surface area contributed by atoms with Gasteiger partial charge in [-0.3, -0.25) is 9.69 Å². The van der Waals surface area contributed by atoms with Crippen LogP contribution in [-0.2, 0) is 11.2 Å². The minimum Gasteiger partial charge on any atom is -0.361 e. The van der Waals surface area contributed by atoms with E-state index in [9.17, 15) is 9.59 Å². The minimum absolute atomic E-state index is 0.0398. The van der Waals surface area contributed by atoms with E-state index in [0.29, 0.717) is 23.6 Å². The lowest BCUT2D eigenvalue weighted by Gasteiger charge is -2.41. The van der Waals surface area contributed by atoms with Gasteiger partial charge in [0.05, 0.1) is 12.1 Å². The summed E-state index contributed by atoms with van der Waals surface area (Å²) in [6, 6.07) is 9.44. The molecule has 0 aromatic heterocycles. The van der Waals surface area contributed by atoms with Crippen LogP contribution in [0.15, 0.2) is 24.3 Å². The monoisotopic (exact) mass is 598 g/mol. The first kappa shape index (κ1) is 33.1. The summed E-state index contributed by atoms with van der Waals surface area (Å²) < 4.78 is 0. The van der Waals surface area contributed by atoms with Crippen molar-refractivity contribution in [2.45, 2.75) is 82.2 Å². The Labute approximate surface area is 259 Å². The second-order valence-corrected chi connectivity index (χ2v) is 13.8. The second-order valence-electron chi connectivity index (χ2n) is 12.5. The highest BCUT2D eigenvalue weighted by Crippen LogP contribution is 2.33. The Morgan fingerprint density at radius 3 is 2.64 bits per heavy atom. The summed E-state index contributed by atoms with van der Waals surface area (Å²) in [5, 5.41) is 9.59. The number of unbranched alkanes of at least 4 members (excludes halogenated alkanes) is 1. The third kappa shape index (κ3) is 9.86. The number of benzene rings is 1. The van der Waals surface area contributed by atoms with Crippen LogP contribution in [0.2, 0.25) is 0 Å². The fourth-order valence-electron chi connectivity index (χ4n) is 6.62. The number of hydrogen-bond donors (Lipinski definition) is 3. The fourth-order valence-corrected chi connectivity index (χ4v) is 8.16. The number of amides is 3. The van der Waals surface area contributed by atoms with E-state index in [1.54, 1.807) is 0 Å². The molecule has 42 heavy (non-hydrogen) atoms. The van der Waals surface area contributed by atoms with Crippen molar-refractivity contribution < 1.29 is 9.59 Å². The number of rotatable bonds is 15. The highest BCUT2D eigenvalue weighted by molar-refractivity contribution is 8.00. The maximum atomic E-state index is 12.6.